The summed E-state index contributed by atoms with van der Waals surface area (Å²) in [5, 5.41) is 26.1. The van der Waals surface area contributed by atoms with Gasteiger partial charge < -0.3 is 31.9 Å². The molecule has 0 aliphatic rings. The standard InChI is InChI=1S/C20H30N4O6S/c1-11(2)7-16(20(29)30)24-19(28)15(8-12-3-5-13(25)6-4-12)23-17(26)9-22-18(27)14(21)10-31/h3-6,11,14-16,25,31H,7-10,21H2,1-2H3,(H,22,27)(H,23,26)(H,24,28)(H,29,30). The fourth-order valence-corrected chi connectivity index (χ4v) is 2.83. The first-order chi connectivity index (χ1) is 14.5. The van der Waals surface area contributed by atoms with E-state index in [-0.39, 0.29) is 30.3 Å². The number of hydrogen-bond acceptors (Lipinski definition) is 7. The number of aromatic hydroxyl groups is 1. The van der Waals surface area contributed by atoms with E-state index >= 15 is 0 Å². The van der Waals surface area contributed by atoms with Gasteiger partial charge in [-0.25, -0.2) is 4.79 Å². The van der Waals surface area contributed by atoms with Crippen molar-refractivity contribution in [1.29, 1.82) is 0 Å². The van der Waals surface area contributed by atoms with Crippen LogP contribution in [0.5, 0.6) is 5.75 Å². The molecule has 0 heterocycles. The van der Waals surface area contributed by atoms with Crippen LogP contribution in [0, 0.1) is 5.92 Å². The van der Waals surface area contributed by atoms with Crippen LogP contribution in [0.1, 0.15) is 25.8 Å². The highest BCUT2D eigenvalue weighted by atomic mass is 32.1. The summed E-state index contributed by atoms with van der Waals surface area (Å²) < 4.78 is 0. The number of carbonyl (C=O) groups excluding carboxylic acids is 3. The van der Waals surface area contributed by atoms with Gasteiger partial charge in [-0.1, -0.05) is 26.0 Å². The summed E-state index contributed by atoms with van der Waals surface area (Å²) in [6.07, 6.45) is 0.272. The number of phenols is 1. The Hall–Kier alpha value is -2.79. The van der Waals surface area contributed by atoms with Gasteiger partial charge in [0.2, 0.25) is 17.7 Å². The van der Waals surface area contributed by atoms with Gasteiger partial charge in [-0.05, 0) is 30.0 Å². The molecule has 31 heavy (non-hydrogen) atoms. The fourth-order valence-electron chi connectivity index (χ4n) is 2.67. The van der Waals surface area contributed by atoms with Gasteiger partial charge in [0.15, 0.2) is 0 Å². The maximum atomic E-state index is 12.8. The molecule has 0 radical (unpaired) electrons. The van der Waals surface area contributed by atoms with Crippen LogP contribution in [0.15, 0.2) is 24.3 Å². The lowest BCUT2D eigenvalue weighted by Gasteiger charge is -2.23. The molecule has 1 aromatic rings. The molecule has 0 saturated carbocycles. The van der Waals surface area contributed by atoms with E-state index in [1.807, 2.05) is 13.8 Å². The maximum absolute atomic E-state index is 12.8. The Kier molecular flexibility index (Phi) is 10.8. The summed E-state index contributed by atoms with van der Waals surface area (Å²) in [6, 6.07) is 2.95. The van der Waals surface area contributed by atoms with Gasteiger partial charge in [-0.3, -0.25) is 14.4 Å². The van der Waals surface area contributed by atoms with E-state index in [0.717, 1.165) is 0 Å². The first-order valence-corrected chi connectivity index (χ1v) is 10.4. The molecule has 1 rings (SSSR count). The quantitative estimate of drug-likeness (QED) is 0.207. The SMILES string of the molecule is CC(C)CC(NC(=O)C(Cc1ccc(O)cc1)NC(=O)CNC(=O)C(N)CS)C(=O)O. The molecule has 1 aromatic carbocycles. The number of rotatable bonds is 12. The van der Waals surface area contributed by atoms with Crippen LogP contribution < -0.4 is 21.7 Å². The van der Waals surface area contributed by atoms with E-state index < -0.39 is 48.4 Å². The number of carboxylic acid groups (broad SMARTS) is 1. The Morgan fingerprint density at radius 2 is 1.65 bits per heavy atom. The lowest BCUT2D eigenvalue weighted by Crippen LogP contribution is -2.54. The fraction of sp³-hybridized carbons (Fsp3) is 0.500. The van der Waals surface area contributed by atoms with Gasteiger partial charge in [-0.15, -0.1) is 0 Å². The van der Waals surface area contributed by atoms with E-state index in [0.29, 0.717) is 5.56 Å². The summed E-state index contributed by atoms with van der Waals surface area (Å²) >= 11 is 3.91. The molecule has 0 aromatic heterocycles. The van der Waals surface area contributed by atoms with Crippen molar-refractivity contribution in [2.24, 2.45) is 11.7 Å². The van der Waals surface area contributed by atoms with E-state index in [1.54, 1.807) is 12.1 Å². The molecular formula is C20H30N4O6S. The lowest BCUT2D eigenvalue weighted by molar-refractivity contribution is -0.142. The van der Waals surface area contributed by atoms with Crippen molar-refractivity contribution < 1.29 is 29.4 Å². The van der Waals surface area contributed by atoms with Gasteiger partial charge in [0.25, 0.3) is 0 Å². The third-order valence-electron chi connectivity index (χ3n) is 4.31. The van der Waals surface area contributed by atoms with Crippen molar-refractivity contribution in [2.45, 2.75) is 44.8 Å². The second-order valence-corrected chi connectivity index (χ2v) is 7.89. The summed E-state index contributed by atoms with van der Waals surface area (Å²) in [5.74, 6) is -2.89. The van der Waals surface area contributed by atoms with Gasteiger partial charge >= 0.3 is 5.97 Å². The van der Waals surface area contributed by atoms with E-state index in [9.17, 15) is 29.4 Å². The van der Waals surface area contributed by atoms with Crippen LogP contribution in [0.2, 0.25) is 0 Å². The van der Waals surface area contributed by atoms with Crippen LogP contribution in [0.25, 0.3) is 0 Å². The Morgan fingerprint density at radius 1 is 1.03 bits per heavy atom. The van der Waals surface area contributed by atoms with Crippen molar-refractivity contribution >= 4 is 36.3 Å². The molecule has 0 spiro atoms. The Morgan fingerprint density at radius 3 is 2.16 bits per heavy atom. The molecule has 0 aliphatic carbocycles. The number of amides is 3. The number of aliphatic carboxylic acids is 1. The molecule has 11 heteroatoms. The monoisotopic (exact) mass is 454 g/mol. The number of carbonyl (C=O) groups is 4. The zero-order chi connectivity index (χ0) is 23.6. The predicted molar refractivity (Wildman–Crippen MR) is 118 cm³/mol. The Labute approximate surface area is 186 Å². The zero-order valence-electron chi connectivity index (χ0n) is 17.5. The highest BCUT2D eigenvalue weighted by Crippen LogP contribution is 2.12. The summed E-state index contributed by atoms with van der Waals surface area (Å²) in [7, 11) is 0. The summed E-state index contributed by atoms with van der Waals surface area (Å²) in [5.41, 5.74) is 6.16. The van der Waals surface area contributed by atoms with Crippen molar-refractivity contribution in [3.05, 3.63) is 29.8 Å². The summed E-state index contributed by atoms with van der Waals surface area (Å²) in [4.78, 5) is 48.3. The number of nitrogens with one attached hydrogen (secondary N) is 3. The van der Waals surface area contributed by atoms with Crippen LogP contribution in [0.4, 0.5) is 0 Å². The molecule has 0 saturated heterocycles. The van der Waals surface area contributed by atoms with Crippen molar-refractivity contribution in [1.82, 2.24) is 16.0 Å². The molecule has 0 bridgehead atoms. The highest BCUT2D eigenvalue weighted by Gasteiger charge is 2.27. The van der Waals surface area contributed by atoms with Crippen LogP contribution in [-0.4, -0.2) is 64.3 Å². The first kappa shape index (κ1) is 26.2. The minimum atomic E-state index is -1.18. The number of benzene rings is 1. The van der Waals surface area contributed by atoms with Crippen molar-refractivity contribution in [3.8, 4) is 5.75 Å². The smallest absolute Gasteiger partial charge is 0.326 e. The zero-order valence-corrected chi connectivity index (χ0v) is 18.4. The van der Waals surface area contributed by atoms with E-state index in [2.05, 4.69) is 28.6 Å². The van der Waals surface area contributed by atoms with Gasteiger partial charge in [-0.2, -0.15) is 12.6 Å². The lowest BCUT2D eigenvalue weighted by atomic mass is 10.0. The molecular weight excluding hydrogens is 424 g/mol. The molecule has 10 nitrogen and oxygen atoms in total. The minimum Gasteiger partial charge on any atom is -0.508 e. The number of nitrogens with two attached hydrogens (primary N) is 1. The van der Waals surface area contributed by atoms with Crippen LogP contribution >= 0.6 is 12.6 Å². The average Bonchev–Trinajstić information content (AvgIpc) is 2.71. The first-order valence-electron chi connectivity index (χ1n) is 9.78. The minimum absolute atomic E-state index is 0.0257. The van der Waals surface area contributed by atoms with Gasteiger partial charge in [0.05, 0.1) is 12.6 Å². The molecule has 0 aliphatic heterocycles. The number of carboxylic acids is 1. The maximum Gasteiger partial charge on any atom is 0.326 e. The molecule has 0 fully saturated rings. The normalized spacial score (nSPS) is 13.7. The van der Waals surface area contributed by atoms with Crippen molar-refractivity contribution in [3.63, 3.8) is 0 Å². The number of hydrogen-bond donors (Lipinski definition) is 7. The van der Waals surface area contributed by atoms with E-state index in [4.69, 9.17) is 5.73 Å². The average molecular weight is 455 g/mol. The second kappa shape index (κ2) is 12.8. The van der Waals surface area contributed by atoms with Crippen LogP contribution in [-0.2, 0) is 25.6 Å². The second-order valence-electron chi connectivity index (χ2n) is 7.53. The van der Waals surface area contributed by atoms with Crippen molar-refractivity contribution in [2.75, 3.05) is 12.3 Å². The topological polar surface area (TPSA) is 171 Å². The molecule has 7 N–H and O–H groups in total. The van der Waals surface area contributed by atoms with Gasteiger partial charge in [0.1, 0.15) is 17.8 Å². The molecule has 3 unspecified atom stereocenters. The van der Waals surface area contributed by atoms with E-state index in [1.165, 1.54) is 12.1 Å². The third kappa shape index (κ3) is 9.71. The number of phenolic OH excluding ortho intramolecular Hbond substituents is 1. The summed E-state index contributed by atoms with van der Waals surface area (Å²) in [6.45, 7) is 3.25. The third-order valence-corrected chi connectivity index (χ3v) is 4.70. The molecule has 3 atom stereocenters. The highest BCUT2D eigenvalue weighted by molar-refractivity contribution is 7.80. The Bertz CT molecular complexity index is 771. The predicted octanol–water partition coefficient (Wildman–Crippen LogP) is -0.592. The largest absolute Gasteiger partial charge is 0.508 e. The van der Waals surface area contributed by atoms with Crippen LogP contribution in [0.3, 0.4) is 0 Å². The molecule has 172 valence electrons. The number of thiol groups is 1. The Balaban J connectivity index is 2.90. The van der Waals surface area contributed by atoms with Gasteiger partial charge in [0, 0.05) is 12.2 Å². The molecule has 3 amide bonds.